The molecule has 11 heteroatoms. The Hall–Kier alpha value is -3.47. The number of hydrogen-bond donors (Lipinski definition) is 4. The molecule has 2 unspecified atom stereocenters. The van der Waals surface area contributed by atoms with Crippen molar-refractivity contribution < 1.29 is 24.0 Å². The number of benzene rings is 1. The number of nitrogens with one attached hydrogen (secondary N) is 3. The van der Waals surface area contributed by atoms with Crippen LogP contribution < -0.4 is 21.7 Å². The molecule has 2 heterocycles. The van der Waals surface area contributed by atoms with Crippen LogP contribution in [0.3, 0.4) is 0 Å². The van der Waals surface area contributed by atoms with E-state index in [4.69, 9.17) is 5.73 Å². The molecule has 2 saturated heterocycles. The van der Waals surface area contributed by atoms with Crippen molar-refractivity contribution in [3.63, 3.8) is 0 Å². The van der Waals surface area contributed by atoms with E-state index in [-0.39, 0.29) is 30.2 Å². The van der Waals surface area contributed by atoms with Gasteiger partial charge >= 0.3 is 0 Å². The van der Waals surface area contributed by atoms with Gasteiger partial charge in [0.1, 0.15) is 12.1 Å². The first-order valence-electron chi connectivity index (χ1n) is 13.3. The molecule has 0 bridgehead atoms. The van der Waals surface area contributed by atoms with Crippen LogP contribution in [-0.4, -0.2) is 91.2 Å². The number of rotatable bonds is 13. The molecular formula is C27H40N6O5. The Labute approximate surface area is 223 Å². The summed E-state index contributed by atoms with van der Waals surface area (Å²) >= 11 is 0. The number of nitrogens with two attached hydrogens (primary N) is 1. The molecule has 1 spiro atoms. The number of hydrogen-bond acceptors (Lipinski definition) is 6. The molecule has 208 valence electrons. The van der Waals surface area contributed by atoms with Gasteiger partial charge < -0.3 is 31.5 Å². The summed E-state index contributed by atoms with van der Waals surface area (Å²) in [5.41, 5.74) is 6.58. The lowest BCUT2D eigenvalue weighted by Gasteiger charge is -2.54. The van der Waals surface area contributed by atoms with Crippen molar-refractivity contribution in [3.8, 4) is 0 Å². The number of unbranched alkanes of at least 4 members (excludes halogenated alkanes) is 1. The maximum atomic E-state index is 13.3. The smallest absolute Gasteiger partial charge is 0.245 e. The Bertz CT molecular complexity index is 971. The van der Waals surface area contributed by atoms with Gasteiger partial charge in [-0.2, -0.15) is 0 Å². The van der Waals surface area contributed by atoms with Crippen LogP contribution in [0, 0.1) is 5.41 Å². The molecular weight excluding hydrogens is 488 g/mol. The lowest BCUT2D eigenvalue weighted by molar-refractivity contribution is -0.149. The van der Waals surface area contributed by atoms with Gasteiger partial charge in [-0.3, -0.25) is 24.0 Å². The molecule has 38 heavy (non-hydrogen) atoms. The summed E-state index contributed by atoms with van der Waals surface area (Å²) < 4.78 is 0. The second-order valence-corrected chi connectivity index (χ2v) is 10.3. The average molecular weight is 529 g/mol. The van der Waals surface area contributed by atoms with Gasteiger partial charge in [0, 0.05) is 44.9 Å². The minimum Gasteiger partial charge on any atom is -0.347 e. The molecule has 0 radical (unpaired) electrons. The Morgan fingerprint density at radius 2 is 1.71 bits per heavy atom. The number of amides is 5. The van der Waals surface area contributed by atoms with Gasteiger partial charge in [0.2, 0.25) is 30.0 Å². The molecule has 0 aliphatic carbocycles. The molecule has 5 N–H and O–H groups in total. The van der Waals surface area contributed by atoms with E-state index >= 15 is 0 Å². The Balaban J connectivity index is 1.51. The molecule has 2 aliphatic heterocycles. The van der Waals surface area contributed by atoms with E-state index in [0.29, 0.717) is 38.9 Å². The van der Waals surface area contributed by atoms with Crippen LogP contribution in [0.5, 0.6) is 0 Å². The first-order valence-corrected chi connectivity index (χ1v) is 13.3. The van der Waals surface area contributed by atoms with E-state index in [2.05, 4.69) is 16.0 Å². The maximum Gasteiger partial charge on any atom is 0.245 e. The van der Waals surface area contributed by atoms with Gasteiger partial charge in [-0.25, -0.2) is 0 Å². The fraction of sp³-hybridized carbons (Fsp3) is 0.593. The lowest BCUT2D eigenvalue weighted by atomic mass is 9.72. The fourth-order valence-electron chi connectivity index (χ4n) is 5.17. The van der Waals surface area contributed by atoms with Crippen molar-refractivity contribution in [1.29, 1.82) is 0 Å². The minimum absolute atomic E-state index is 0.0808. The molecule has 0 saturated carbocycles. The maximum absolute atomic E-state index is 13.3. The number of carbonyl (C=O) groups is 5. The number of carbonyl (C=O) groups excluding carboxylic acids is 5. The zero-order valence-electron chi connectivity index (χ0n) is 22.1. The number of nitrogens with zero attached hydrogens (tertiary/aromatic N) is 2. The highest BCUT2D eigenvalue weighted by atomic mass is 16.2. The second-order valence-electron chi connectivity index (χ2n) is 10.3. The normalized spacial score (nSPS) is 17.6. The third-order valence-corrected chi connectivity index (χ3v) is 7.51. The predicted molar refractivity (Wildman–Crippen MR) is 141 cm³/mol. The third-order valence-electron chi connectivity index (χ3n) is 7.51. The summed E-state index contributed by atoms with van der Waals surface area (Å²) in [6, 6.07) is 7.72. The molecule has 2 atom stereocenters. The van der Waals surface area contributed by atoms with Crippen LogP contribution in [0.2, 0.25) is 0 Å². The lowest BCUT2D eigenvalue weighted by Crippen LogP contribution is -2.62. The van der Waals surface area contributed by atoms with Crippen molar-refractivity contribution in [2.45, 2.75) is 57.5 Å². The minimum atomic E-state index is -0.823. The Morgan fingerprint density at radius 1 is 1.03 bits per heavy atom. The van der Waals surface area contributed by atoms with Gasteiger partial charge in [0.25, 0.3) is 0 Å². The van der Waals surface area contributed by atoms with E-state index < -0.39 is 23.9 Å². The van der Waals surface area contributed by atoms with Gasteiger partial charge in [-0.1, -0.05) is 30.3 Å². The molecule has 1 aromatic carbocycles. The zero-order chi connectivity index (χ0) is 27.5. The zero-order valence-corrected chi connectivity index (χ0v) is 22.1. The van der Waals surface area contributed by atoms with E-state index in [1.807, 2.05) is 35.2 Å². The Morgan fingerprint density at radius 3 is 2.32 bits per heavy atom. The van der Waals surface area contributed by atoms with Crippen molar-refractivity contribution in [3.05, 3.63) is 35.9 Å². The van der Waals surface area contributed by atoms with Crippen LogP contribution in [-0.2, 0) is 30.4 Å². The summed E-state index contributed by atoms with van der Waals surface area (Å²) in [6.45, 7) is 4.42. The molecule has 5 amide bonds. The highest BCUT2D eigenvalue weighted by Crippen LogP contribution is 2.40. The summed E-state index contributed by atoms with van der Waals surface area (Å²) in [5.74, 6) is -1.01. The first-order chi connectivity index (χ1) is 18.3. The standard InChI is InChI=1S/C27H40N6O5/c1-20(35)33-17-27(18-33)10-13-32(14-11-27)26(38)22(9-5-6-12-28)31-24(36)16-29-25(37)23(30-19-34)15-21-7-3-2-4-8-21/h2-4,7-8,19,22-23H,5-6,9-18,28H2,1H3,(H,29,37)(H,30,34)(H,31,36). The van der Waals surface area contributed by atoms with Crippen LogP contribution in [0.15, 0.2) is 30.3 Å². The molecule has 1 aromatic rings. The van der Waals surface area contributed by atoms with E-state index in [9.17, 15) is 24.0 Å². The molecule has 2 aliphatic rings. The number of likely N-dealkylation sites (tertiary alicyclic amines) is 2. The number of piperidine rings is 1. The van der Waals surface area contributed by atoms with Gasteiger partial charge in [-0.15, -0.1) is 0 Å². The van der Waals surface area contributed by atoms with Crippen molar-refractivity contribution >= 4 is 30.0 Å². The van der Waals surface area contributed by atoms with Gasteiger partial charge in [0.05, 0.1) is 6.54 Å². The quantitative estimate of drug-likeness (QED) is 0.201. The summed E-state index contributed by atoms with van der Waals surface area (Å²) in [4.78, 5) is 64.9. The molecule has 0 aromatic heterocycles. The third kappa shape index (κ3) is 8.01. The highest BCUT2D eigenvalue weighted by Gasteiger charge is 2.46. The van der Waals surface area contributed by atoms with Crippen LogP contribution >= 0.6 is 0 Å². The van der Waals surface area contributed by atoms with Crippen molar-refractivity contribution in [1.82, 2.24) is 25.8 Å². The van der Waals surface area contributed by atoms with Gasteiger partial charge in [-0.05, 0) is 44.2 Å². The fourth-order valence-corrected chi connectivity index (χ4v) is 5.17. The summed E-state index contributed by atoms with van der Waals surface area (Å²) in [7, 11) is 0. The van der Waals surface area contributed by atoms with E-state index in [0.717, 1.165) is 37.9 Å². The van der Waals surface area contributed by atoms with Crippen LogP contribution in [0.1, 0.15) is 44.6 Å². The predicted octanol–water partition coefficient (Wildman–Crippen LogP) is -0.455. The monoisotopic (exact) mass is 528 g/mol. The highest BCUT2D eigenvalue weighted by molar-refractivity contribution is 5.91. The first kappa shape index (κ1) is 29.1. The Kier molecular flexibility index (Phi) is 10.6. The second kappa shape index (κ2) is 13.9. The molecule has 11 nitrogen and oxygen atoms in total. The van der Waals surface area contributed by atoms with Crippen LogP contribution in [0.25, 0.3) is 0 Å². The summed E-state index contributed by atoms with van der Waals surface area (Å²) in [6.07, 6.45) is 4.28. The van der Waals surface area contributed by atoms with E-state index in [1.165, 1.54) is 0 Å². The van der Waals surface area contributed by atoms with Crippen molar-refractivity contribution in [2.24, 2.45) is 11.1 Å². The topological polar surface area (TPSA) is 154 Å². The van der Waals surface area contributed by atoms with Crippen LogP contribution in [0.4, 0.5) is 0 Å². The van der Waals surface area contributed by atoms with E-state index in [1.54, 1.807) is 11.8 Å². The molecule has 2 fully saturated rings. The largest absolute Gasteiger partial charge is 0.347 e. The molecule has 3 rings (SSSR count). The van der Waals surface area contributed by atoms with Crippen molar-refractivity contribution in [2.75, 3.05) is 39.3 Å². The summed E-state index contributed by atoms with van der Waals surface area (Å²) in [5, 5.41) is 7.86. The average Bonchev–Trinajstić information content (AvgIpc) is 2.89. The SMILES string of the molecule is CC(=O)N1CC2(CCN(C(=O)C(CCCCN)NC(=O)CNC(=O)C(Cc3ccccc3)NC=O)CC2)C1. The van der Waals surface area contributed by atoms with Gasteiger partial charge in [0.15, 0.2) is 0 Å².